The normalized spacial score (nSPS) is 28.7. The summed E-state index contributed by atoms with van der Waals surface area (Å²) in [5.41, 5.74) is -0.698. The maximum absolute atomic E-state index is 13.3. The van der Waals surface area contributed by atoms with E-state index in [2.05, 4.69) is 0 Å². The number of carboxylic acid groups (broad SMARTS) is 1. The van der Waals surface area contributed by atoms with Gasteiger partial charge in [-0.1, -0.05) is 6.42 Å². The first-order valence-electron chi connectivity index (χ1n) is 7.27. The number of sulfonamides is 1. The lowest BCUT2D eigenvalue weighted by molar-refractivity contribution is -0.149. The molecule has 7 heteroatoms. The molecule has 5 nitrogen and oxygen atoms in total. The summed E-state index contributed by atoms with van der Waals surface area (Å²) in [6.07, 6.45) is 2.07. The van der Waals surface area contributed by atoms with Crippen LogP contribution in [0.4, 0.5) is 4.39 Å². The molecule has 1 N–H and O–H groups in total. The van der Waals surface area contributed by atoms with Crippen LogP contribution in [-0.2, 0) is 14.8 Å². The lowest BCUT2D eigenvalue weighted by atomic mass is 9.81. The Bertz CT molecular complexity index is 733. The van der Waals surface area contributed by atoms with Crippen LogP contribution < -0.4 is 0 Å². The van der Waals surface area contributed by atoms with E-state index in [9.17, 15) is 22.7 Å². The van der Waals surface area contributed by atoms with E-state index in [1.165, 1.54) is 23.4 Å². The number of hydrogen-bond acceptors (Lipinski definition) is 3. The van der Waals surface area contributed by atoms with Crippen LogP contribution in [-0.4, -0.2) is 36.9 Å². The van der Waals surface area contributed by atoms with Gasteiger partial charge in [-0.05, 0) is 49.4 Å². The minimum Gasteiger partial charge on any atom is -0.481 e. The molecule has 2 aliphatic rings. The van der Waals surface area contributed by atoms with Crippen molar-refractivity contribution in [2.45, 2.75) is 31.1 Å². The molecule has 120 valence electrons. The Labute approximate surface area is 128 Å². The van der Waals surface area contributed by atoms with Crippen LogP contribution >= 0.6 is 0 Å². The van der Waals surface area contributed by atoms with Crippen molar-refractivity contribution in [3.05, 3.63) is 29.6 Å². The summed E-state index contributed by atoms with van der Waals surface area (Å²) in [6.45, 7) is 1.74. The molecule has 1 saturated heterocycles. The zero-order chi connectivity index (χ0) is 16.1. The van der Waals surface area contributed by atoms with Gasteiger partial charge in [0.25, 0.3) is 0 Å². The van der Waals surface area contributed by atoms with E-state index >= 15 is 0 Å². The van der Waals surface area contributed by atoms with E-state index in [1.54, 1.807) is 0 Å². The highest BCUT2D eigenvalue weighted by Crippen LogP contribution is 2.50. The van der Waals surface area contributed by atoms with Crippen LogP contribution in [0.3, 0.4) is 0 Å². The topological polar surface area (TPSA) is 74.7 Å². The van der Waals surface area contributed by atoms with E-state index < -0.39 is 27.2 Å². The van der Waals surface area contributed by atoms with Crippen molar-refractivity contribution >= 4 is 16.0 Å². The van der Waals surface area contributed by atoms with Crippen LogP contribution in [0.15, 0.2) is 23.1 Å². The standard InChI is InChI=1S/C15H18FNO4S/c1-10-7-12(4-5-13(10)16)22(20,21)17-8-11-3-2-6-15(11,9-17)14(18)19/h4-5,7,11H,2-3,6,8-9H2,1H3,(H,18,19)/t11-,15+/m0/s1. The number of aryl methyl sites for hydroxylation is 1. The molecule has 1 aromatic rings. The number of hydrogen-bond donors (Lipinski definition) is 1. The third-order valence-corrected chi connectivity index (χ3v) is 6.84. The highest BCUT2D eigenvalue weighted by Gasteiger charge is 2.57. The molecular formula is C15H18FNO4S. The van der Waals surface area contributed by atoms with Gasteiger partial charge in [0.2, 0.25) is 10.0 Å². The Hall–Kier alpha value is -1.47. The van der Waals surface area contributed by atoms with Gasteiger partial charge >= 0.3 is 5.97 Å². The first-order chi connectivity index (χ1) is 10.3. The summed E-state index contributed by atoms with van der Waals surface area (Å²) in [6, 6.07) is 3.66. The molecule has 22 heavy (non-hydrogen) atoms. The van der Waals surface area contributed by atoms with Crippen molar-refractivity contribution in [3.63, 3.8) is 0 Å². The van der Waals surface area contributed by atoms with Crippen molar-refractivity contribution < 1.29 is 22.7 Å². The largest absolute Gasteiger partial charge is 0.481 e. The Balaban J connectivity index is 1.94. The average Bonchev–Trinajstić information content (AvgIpc) is 2.99. The van der Waals surface area contributed by atoms with Crippen LogP contribution in [0.25, 0.3) is 0 Å². The molecule has 0 aromatic heterocycles. The zero-order valence-electron chi connectivity index (χ0n) is 12.3. The molecule has 0 bridgehead atoms. The number of halogens is 1. The van der Waals surface area contributed by atoms with E-state index in [0.29, 0.717) is 6.42 Å². The van der Waals surface area contributed by atoms with Gasteiger partial charge in [-0.25, -0.2) is 12.8 Å². The number of nitrogens with zero attached hydrogens (tertiary/aromatic N) is 1. The number of fused-ring (bicyclic) bond motifs is 1. The van der Waals surface area contributed by atoms with Gasteiger partial charge in [0.1, 0.15) is 5.82 Å². The second-order valence-electron chi connectivity index (χ2n) is 6.26. The maximum atomic E-state index is 13.3. The highest BCUT2D eigenvalue weighted by atomic mass is 32.2. The molecule has 0 amide bonds. The first kappa shape index (κ1) is 15.4. The van der Waals surface area contributed by atoms with Gasteiger partial charge < -0.3 is 5.11 Å². The summed E-state index contributed by atoms with van der Waals surface area (Å²) in [5, 5.41) is 9.54. The zero-order valence-corrected chi connectivity index (χ0v) is 13.1. The number of rotatable bonds is 3. The number of carboxylic acids is 1. The molecule has 3 rings (SSSR count). The fraction of sp³-hybridized carbons (Fsp3) is 0.533. The minimum atomic E-state index is -3.79. The lowest BCUT2D eigenvalue weighted by Gasteiger charge is -2.23. The number of aliphatic carboxylic acids is 1. The fourth-order valence-corrected chi connectivity index (χ4v) is 5.34. The predicted octanol–water partition coefficient (Wildman–Crippen LogP) is 2.01. The van der Waals surface area contributed by atoms with Gasteiger partial charge in [-0.15, -0.1) is 0 Å². The molecule has 1 saturated carbocycles. The summed E-state index contributed by atoms with van der Waals surface area (Å²) in [4.78, 5) is 11.7. The summed E-state index contributed by atoms with van der Waals surface area (Å²) >= 11 is 0. The maximum Gasteiger partial charge on any atom is 0.311 e. The van der Waals surface area contributed by atoms with Gasteiger partial charge in [0.05, 0.1) is 10.3 Å². The van der Waals surface area contributed by atoms with Gasteiger partial charge in [0.15, 0.2) is 0 Å². The molecule has 1 heterocycles. The lowest BCUT2D eigenvalue weighted by Crippen LogP contribution is -2.37. The van der Waals surface area contributed by atoms with E-state index in [1.807, 2.05) is 0 Å². The Morgan fingerprint density at radius 2 is 2.18 bits per heavy atom. The predicted molar refractivity (Wildman–Crippen MR) is 77.3 cm³/mol. The SMILES string of the molecule is Cc1cc(S(=O)(=O)N2C[C@@H]3CCC[C@@]3(C(=O)O)C2)ccc1F. The monoisotopic (exact) mass is 327 g/mol. The second-order valence-corrected chi connectivity index (χ2v) is 8.20. The molecular weight excluding hydrogens is 309 g/mol. The Morgan fingerprint density at radius 1 is 1.45 bits per heavy atom. The third kappa shape index (κ3) is 2.14. The quantitative estimate of drug-likeness (QED) is 0.921. The Morgan fingerprint density at radius 3 is 2.77 bits per heavy atom. The van der Waals surface area contributed by atoms with Gasteiger partial charge in [0, 0.05) is 13.1 Å². The smallest absolute Gasteiger partial charge is 0.311 e. The molecule has 1 aliphatic heterocycles. The van der Waals surface area contributed by atoms with Gasteiger partial charge in [-0.3, -0.25) is 4.79 Å². The van der Waals surface area contributed by atoms with E-state index in [4.69, 9.17) is 0 Å². The summed E-state index contributed by atoms with van der Waals surface area (Å²) in [5.74, 6) is -1.51. The second kappa shape index (κ2) is 5.03. The molecule has 1 aliphatic carbocycles. The van der Waals surface area contributed by atoms with Crippen molar-refractivity contribution in [1.29, 1.82) is 0 Å². The first-order valence-corrected chi connectivity index (χ1v) is 8.71. The van der Waals surface area contributed by atoms with Gasteiger partial charge in [-0.2, -0.15) is 4.31 Å². The van der Waals surface area contributed by atoms with Crippen molar-refractivity contribution in [2.75, 3.05) is 13.1 Å². The molecule has 1 aromatic carbocycles. The summed E-state index contributed by atoms with van der Waals surface area (Å²) < 4.78 is 40.0. The summed E-state index contributed by atoms with van der Waals surface area (Å²) in [7, 11) is -3.79. The molecule has 0 unspecified atom stereocenters. The molecule has 0 spiro atoms. The molecule has 2 fully saturated rings. The van der Waals surface area contributed by atoms with Crippen molar-refractivity contribution in [1.82, 2.24) is 4.31 Å². The number of carbonyl (C=O) groups is 1. The average molecular weight is 327 g/mol. The highest BCUT2D eigenvalue weighted by molar-refractivity contribution is 7.89. The van der Waals surface area contributed by atoms with Crippen LogP contribution in [0.2, 0.25) is 0 Å². The number of benzene rings is 1. The van der Waals surface area contributed by atoms with Crippen LogP contribution in [0.1, 0.15) is 24.8 Å². The van der Waals surface area contributed by atoms with Crippen molar-refractivity contribution in [3.8, 4) is 0 Å². The fourth-order valence-electron chi connectivity index (χ4n) is 3.70. The third-order valence-electron chi connectivity index (χ3n) is 5.03. The molecule has 2 atom stereocenters. The van der Waals surface area contributed by atoms with Crippen molar-refractivity contribution in [2.24, 2.45) is 11.3 Å². The van der Waals surface area contributed by atoms with Crippen LogP contribution in [0.5, 0.6) is 0 Å². The van der Waals surface area contributed by atoms with E-state index in [0.717, 1.165) is 18.9 Å². The minimum absolute atomic E-state index is 0.00571. The molecule has 0 radical (unpaired) electrons. The van der Waals surface area contributed by atoms with E-state index in [-0.39, 0.29) is 29.5 Å². The Kier molecular flexibility index (Phi) is 3.52. The van der Waals surface area contributed by atoms with Crippen LogP contribution in [0, 0.1) is 24.1 Å².